The summed E-state index contributed by atoms with van der Waals surface area (Å²) in [5, 5.41) is 12.1. The minimum Gasteiger partial charge on any atom is -0.326 e. The molecule has 1 atom stereocenters. The topological polar surface area (TPSA) is 70.0 Å². The van der Waals surface area contributed by atoms with Crippen molar-refractivity contribution in [3.63, 3.8) is 0 Å². The summed E-state index contributed by atoms with van der Waals surface area (Å²) in [6.45, 7) is 7.09. The van der Waals surface area contributed by atoms with Crippen LogP contribution in [0.25, 0.3) is 0 Å². The Bertz CT molecular complexity index is 1110. The van der Waals surface area contributed by atoms with Crippen molar-refractivity contribution in [3.05, 3.63) is 90.1 Å². The van der Waals surface area contributed by atoms with Crippen LogP contribution in [0.15, 0.2) is 89.2 Å². The number of hydrogen-bond donors (Lipinski definition) is 1. The van der Waals surface area contributed by atoms with Crippen LogP contribution in [0.3, 0.4) is 0 Å². The van der Waals surface area contributed by atoms with E-state index < -0.39 is 0 Å². The molecule has 1 aliphatic heterocycles. The maximum Gasteiger partial charge on any atom is 0.226 e. The van der Waals surface area contributed by atoms with E-state index in [0.717, 1.165) is 51.0 Å². The third kappa shape index (κ3) is 7.56. The highest BCUT2D eigenvalue weighted by molar-refractivity contribution is 5.92. The van der Waals surface area contributed by atoms with Gasteiger partial charge in [0.1, 0.15) is 0 Å². The third-order valence-electron chi connectivity index (χ3n) is 6.82. The van der Waals surface area contributed by atoms with E-state index in [9.17, 15) is 4.79 Å². The maximum atomic E-state index is 12.1. The van der Waals surface area contributed by atoms with E-state index in [1.165, 1.54) is 11.1 Å². The first kappa shape index (κ1) is 25.7. The van der Waals surface area contributed by atoms with Gasteiger partial charge in [0.05, 0.1) is 6.04 Å². The number of nitrogens with one attached hydrogen (secondary N) is 1. The molecule has 4 rings (SSSR count). The van der Waals surface area contributed by atoms with Crippen molar-refractivity contribution < 1.29 is 4.79 Å². The average molecular weight is 484 g/mol. The maximum absolute atomic E-state index is 12.1. The van der Waals surface area contributed by atoms with Gasteiger partial charge in [0, 0.05) is 17.8 Å². The van der Waals surface area contributed by atoms with E-state index in [1.54, 1.807) is 6.20 Å². The van der Waals surface area contributed by atoms with Crippen molar-refractivity contribution in [3.8, 4) is 0 Å². The van der Waals surface area contributed by atoms with Crippen molar-refractivity contribution in [2.24, 2.45) is 16.1 Å². The third-order valence-corrected chi connectivity index (χ3v) is 6.82. The highest BCUT2D eigenvalue weighted by Crippen LogP contribution is 2.30. The molecule has 2 heterocycles. The zero-order valence-electron chi connectivity index (χ0n) is 21.4. The van der Waals surface area contributed by atoms with Crippen LogP contribution in [0.1, 0.15) is 62.6 Å². The smallest absolute Gasteiger partial charge is 0.226 e. The summed E-state index contributed by atoms with van der Waals surface area (Å²) in [5.74, 6) is 1.24. The second kappa shape index (κ2) is 13.1. The predicted octanol–water partition coefficient (Wildman–Crippen LogP) is 7.16. The number of likely N-dealkylation sites (tertiary alicyclic amines) is 1. The first-order valence-electron chi connectivity index (χ1n) is 13.1. The molecule has 0 aliphatic carbocycles. The molecule has 188 valence electrons. The number of carbonyl (C=O) groups is 1. The van der Waals surface area contributed by atoms with E-state index in [0.29, 0.717) is 11.7 Å². The quantitative estimate of drug-likeness (QED) is 0.311. The molecular formula is C30H37N5O. The summed E-state index contributed by atoms with van der Waals surface area (Å²) in [6.07, 6.45) is 6.06. The number of hydrogen-bond acceptors (Lipinski definition) is 5. The van der Waals surface area contributed by atoms with Crippen LogP contribution in [0.5, 0.6) is 0 Å². The normalized spacial score (nSPS) is 15.9. The Balaban J connectivity index is 1.27. The molecule has 0 saturated carbocycles. The Labute approximate surface area is 214 Å². The van der Waals surface area contributed by atoms with Gasteiger partial charge < -0.3 is 10.2 Å². The highest BCUT2D eigenvalue weighted by Gasteiger charge is 2.21. The summed E-state index contributed by atoms with van der Waals surface area (Å²) in [5.41, 5.74) is 3.43. The molecule has 1 N–H and O–H groups in total. The van der Waals surface area contributed by atoms with E-state index in [4.69, 9.17) is 0 Å². The minimum atomic E-state index is -0.0186. The molecule has 1 aromatic heterocycles. The molecule has 0 bridgehead atoms. The standard InChI is InChI=1S/C30H37N5O/c1-23(2)30(36)32-27-13-8-12-26(22-27)24-16-20-35(21-17-24)19-9-14-28(25-10-4-3-5-11-25)33-34-29-15-6-7-18-31-29/h3-8,10-13,15,18,22-24,28H,9,14,16-17,19-21H2,1-2H3,(H,32,36). The van der Waals surface area contributed by atoms with Crippen molar-refractivity contribution in [2.45, 2.75) is 51.5 Å². The molecule has 1 unspecified atom stereocenters. The van der Waals surface area contributed by atoms with Crippen molar-refractivity contribution in [2.75, 3.05) is 25.0 Å². The Kier molecular flexibility index (Phi) is 9.33. The monoisotopic (exact) mass is 483 g/mol. The van der Waals surface area contributed by atoms with E-state index >= 15 is 0 Å². The Morgan fingerprint density at radius 1 is 1.03 bits per heavy atom. The molecule has 1 aliphatic rings. The molecule has 6 nitrogen and oxygen atoms in total. The fourth-order valence-electron chi connectivity index (χ4n) is 4.66. The number of anilines is 1. The number of amides is 1. The van der Waals surface area contributed by atoms with Crippen LogP contribution in [0.4, 0.5) is 11.5 Å². The van der Waals surface area contributed by atoms with Gasteiger partial charge in [-0.05, 0) is 86.6 Å². The SMILES string of the molecule is CC(C)C(=O)Nc1cccc(C2CCN(CCCC(N=Nc3ccccn3)c3ccccc3)CC2)c1. The second-order valence-electron chi connectivity index (χ2n) is 9.86. The number of pyridine rings is 1. The molecule has 3 aromatic rings. The van der Waals surface area contributed by atoms with Gasteiger partial charge in [0.25, 0.3) is 0 Å². The zero-order valence-corrected chi connectivity index (χ0v) is 21.4. The number of benzene rings is 2. The lowest BCUT2D eigenvalue weighted by atomic mass is 9.89. The Morgan fingerprint density at radius 3 is 2.53 bits per heavy atom. The fourth-order valence-corrected chi connectivity index (χ4v) is 4.66. The average Bonchev–Trinajstić information content (AvgIpc) is 2.92. The summed E-state index contributed by atoms with van der Waals surface area (Å²) in [4.78, 5) is 18.9. The number of nitrogens with zero attached hydrogens (tertiary/aromatic N) is 4. The Hall–Kier alpha value is -3.38. The zero-order chi connectivity index (χ0) is 25.2. The highest BCUT2D eigenvalue weighted by atomic mass is 16.1. The van der Waals surface area contributed by atoms with Gasteiger partial charge in [-0.25, -0.2) is 4.98 Å². The minimum absolute atomic E-state index is 0.0186. The van der Waals surface area contributed by atoms with Crippen molar-refractivity contribution >= 4 is 17.4 Å². The fraction of sp³-hybridized carbons (Fsp3) is 0.400. The van der Waals surface area contributed by atoms with Crippen LogP contribution in [0, 0.1) is 5.92 Å². The van der Waals surface area contributed by atoms with Crippen LogP contribution in [-0.4, -0.2) is 35.4 Å². The first-order valence-corrected chi connectivity index (χ1v) is 13.1. The summed E-state index contributed by atoms with van der Waals surface area (Å²) in [6, 6.07) is 24.5. The Morgan fingerprint density at radius 2 is 1.81 bits per heavy atom. The molecule has 0 radical (unpaired) electrons. The van der Waals surface area contributed by atoms with Crippen LogP contribution >= 0.6 is 0 Å². The van der Waals surface area contributed by atoms with Gasteiger partial charge >= 0.3 is 0 Å². The van der Waals surface area contributed by atoms with E-state index in [2.05, 4.69) is 67.9 Å². The lowest BCUT2D eigenvalue weighted by molar-refractivity contribution is -0.118. The first-order chi connectivity index (χ1) is 17.6. The lowest BCUT2D eigenvalue weighted by Crippen LogP contribution is -2.33. The van der Waals surface area contributed by atoms with Gasteiger partial charge in [-0.15, -0.1) is 5.11 Å². The summed E-state index contributed by atoms with van der Waals surface area (Å²) in [7, 11) is 0. The number of aromatic nitrogens is 1. The van der Waals surface area contributed by atoms with Crippen molar-refractivity contribution in [1.82, 2.24) is 9.88 Å². The van der Waals surface area contributed by atoms with E-state index in [-0.39, 0.29) is 17.9 Å². The summed E-state index contributed by atoms with van der Waals surface area (Å²) < 4.78 is 0. The molecule has 0 spiro atoms. The number of azo groups is 1. The second-order valence-corrected chi connectivity index (χ2v) is 9.86. The predicted molar refractivity (Wildman–Crippen MR) is 145 cm³/mol. The van der Waals surface area contributed by atoms with Gasteiger partial charge in [-0.2, -0.15) is 5.11 Å². The molecule has 1 saturated heterocycles. The molecule has 2 aromatic carbocycles. The largest absolute Gasteiger partial charge is 0.326 e. The van der Waals surface area contributed by atoms with Crippen molar-refractivity contribution in [1.29, 1.82) is 0 Å². The van der Waals surface area contributed by atoms with Gasteiger partial charge in [0.2, 0.25) is 5.91 Å². The molecule has 36 heavy (non-hydrogen) atoms. The molecule has 6 heteroatoms. The van der Waals surface area contributed by atoms with Crippen LogP contribution in [0.2, 0.25) is 0 Å². The lowest BCUT2D eigenvalue weighted by Gasteiger charge is -2.32. The van der Waals surface area contributed by atoms with Gasteiger partial charge in [-0.3, -0.25) is 4.79 Å². The van der Waals surface area contributed by atoms with Crippen LogP contribution < -0.4 is 5.32 Å². The number of carbonyl (C=O) groups excluding carboxylic acids is 1. The van der Waals surface area contributed by atoms with Crippen LogP contribution in [-0.2, 0) is 4.79 Å². The van der Waals surface area contributed by atoms with Gasteiger partial charge in [-0.1, -0.05) is 62.4 Å². The number of piperidine rings is 1. The summed E-state index contributed by atoms with van der Waals surface area (Å²) >= 11 is 0. The molecule has 1 fully saturated rings. The number of rotatable bonds is 10. The molecule has 1 amide bonds. The van der Waals surface area contributed by atoms with Gasteiger partial charge in [0.15, 0.2) is 5.82 Å². The van der Waals surface area contributed by atoms with E-state index in [1.807, 2.05) is 44.2 Å². The molecular weight excluding hydrogens is 446 g/mol.